The Kier molecular flexibility index (Phi) is 3.81. The third kappa shape index (κ3) is 3.10. The molecule has 0 saturated heterocycles. The highest BCUT2D eigenvalue weighted by Crippen LogP contribution is 2.13. The van der Waals surface area contributed by atoms with Crippen LogP contribution in [-0.2, 0) is 0 Å². The normalized spacial score (nSPS) is 22.5. The molecule has 1 unspecified atom stereocenters. The van der Waals surface area contributed by atoms with Gasteiger partial charge in [0.25, 0.3) is 0 Å². The van der Waals surface area contributed by atoms with Gasteiger partial charge in [0.2, 0.25) is 0 Å². The summed E-state index contributed by atoms with van der Waals surface area (Å²) in [7, 11) is 0. The predicted octanol–water partition coefficient (Wildman–Crippen LogP) is 3.16. The molecule has 0 fully saturated rings. The van der Waals surface area contributed by atoms with Crippen molar-refractivity contribution in [1.29, 1.82) is 0 Å². The van der Waals surface area contributed by atoms with E-state index in [1.165, 1.54) is 24.1 Å². The summed E-state index contributed by atoms with van der Waals surface area (Å²) in [5.74, 6) is 0. The molecule has 0 saturated carbocycles. The summed E-state index contributed by atoms with van der Waals surface area (Å²) in [5.41, 5.74) is 2.49. The monoisotopic (exact) mass is 177 g/mol. The number of hydrogen-bond donors (Lipinski definition) is 1. The molecule has 1 aliphatic rings. The van der Waals surface area contributed by atoms with Gasteiger partial charge in [-0.2, -0.15) is 0 Å². The standard InChI is InChI=1S/C12H19N/c1-4-6-12-8-7-11(5-2)9-10(3)13-12/h5,7,9,12-13H,2,4,6,8H2,1,3H3. The fourth-order valence-electron chi connectivity index (χ4n) is 1.69. The number of rotatable bonds is 3. The molecule has 1 heteroatoms. The summed E-state index contributed by atoms with van der Waals surface area (Å²) < 4.78 is 0. The Balaban J connectivity index is 2.66. The van der Waals surface area contributed by atoms with Gasteiger partial charge >= 0.3 is 0 Å². The van der Waals surface area contributed by atoms with Crippen molar-refractivity contribution in [2.75, 3.05) is 0 Å². The van der Waals surface area contributed by atoms with Crippen LogP contribution in [-0.4, -0.2) is 6.04 Å². The second-order valence-electron chi connectivity index (χ2n) is 3.60. The van der Waals surface area contributed by atoms with Crippen LogP contribution in [0.15, 0.2) is 36.1 Å². The molecular weight excluding hydrogens is 158 g/mol. The lowest BCUT2D eigenvalue weighted by Gasteiger charge is -2.16. The Morgan fingerprint density at radius 1 is 1.69 bits per heavy atom. The molecule has 1 nitrogen and oxygen atoms in total. The Hall–Kier alpha value is -0.980. The molecule has 1 atom stereocenters. The van der Waals surface area contributed by atoms with Crippen molar-refractivity contribution < 1.29 is 0 Å². The molecule has 13 heavy (non-hydrogen) atoms. The van der Waals surface area contributed by atoms with Crippen LogP contribution >= 0.6 is 0 Å². The average Bonchev–Trinajstić information content (AvgIpc) is 2.28. The predicted molar refractivity (Wildman–Crippen MR) is 58.5 cm³/mol. The first kappa shape index (κ1) is 10.1. The SMILES string of the molecule is C=CC1=CCC(CCC)NC(C)=C1. The highest BCUT2D eigenvalue weighted by atomic mass is 14.9. The summed E-state index contributed by atoms with van der Waals surface area (Å²) >= 11 is 0. The van der Waals surface area contributed by atoms with E-state index in [2.05, 4.69) is 37.9 Å². The van der Waals surface area contributed by atoms with Crippen molar-refractivity contribution in [1.82, 2.24) is 5.32 Å². The third-order valence-electron chi connectivity index (χ3n) is 2.33. The molecule has 0 aromatic rings. The second kappa shape index (κ2) is 4.90. The van der Waals surface area contributed by atoms with Crippen LogP contribution in [0.25, 0.3) is 0 Å². The molecule has 0 bridgehead atoms. The van der Waals surface area contributed by atoms with Crippen LogP contribution in [0.2, 0.25) is 0 Å². The third-order valence-corrected chi connectivity index (χ3v) is 2.33. The zero-order chi connectivity index (χ0) is 9.68. The van der Waals surface area contributed by atoms with Crippen molar-refractivity contribution >= 4 is 0 Å². The zero-order valence-corrected chi connectivity index (χ0v) is 8.64. The van der Waals surface area contributed by atoms with E-state index < -0.39 is 0 Å². The van der Waals surface area contributed by atoms with E-state index in [-0.39, 0.29) is 0 Å². The fourth-order valence-corrected chi connectivity index (χ4v) is 1.69. The smallest absolute Gasteiger partial charge is 0.0292 e. The fraction of sp³-hybridized carbons (Fsp3) is 0.500. The van der Waals surface area contributed by atoms with Crippen molar-refractivity contribution in [3.63, 3.8) is 0 Å². The van der Waals surface area contributed by atoms with Crippen LogP contribution < -0.4 is 5.32 Å². The summed E-state index contributed by atoms with van der Waals surface area (Å²) in [6.07, 6.45) is 9.93. The molecule has 1 rings (SSSR count). The van der Waals surface area contributed by atoms with E-state index in [1.54, 1.807) is 0 Å². The highest BCUT2D eigenvalue weighted by Gasteiger charge is 2.08. The largest absolute Gasteiger partial charge is 0.386 e. The molecule has 0 radical (unpaired) electrons. The Morgan fingerprint density at radius 2 is 2.46 bits per heavy atom. The molecular formula is C12H19N. The first-order chi connectivity index (χ1) is 6.26. The lowest BCUT2D eigenvalue weighted by Crippen LogP contribution is -2.25. The second-order valence-corrected chi connectivity index (χ2v) is 3.60. The molecule has 1 heterocycles. The topological polar surface area (TPSA) is 12.0 Å². The average molecular weight is 177 g/mol. The molecule has 0 aromatic heterocycles. The quantitative estimate of drug-likeness (QED) is 0.698. The number of allylic oxidation sites excluding steroid dienone is 4. The maximum atomic E-state index is 3.79. The molecule has 1 N–H and O–H groups in total. The van der Waals surface area contributed by atoms with Gasteiger partial charge in [-0.3, -0.25) is 0 Å². The van der Waals surface area contributed by atoms with E-state index in [0.717, 1.165) is 6.42 Å². The minimum atomic E-state index is 0.610. The summed E-state index contributed by atoms with van der Waals surface area (Å²) in [6.45, 7) is 8.13. The van der Waals surface area contributed by atoms with Crippen LogP contribution in [0.3, 0.4) is 0 Å². The molecule has 0 aliphatic carbocycles. The van der Waals surface area contributed by atoms with Crippen molar-refractivity contribution in [3.05, 3.63) is 36.1 Å². The lowest BCUT2D eigenvalue weighted by molar-refractivity contribution is 0.527. The van der Waals surface area contributed by atoms with Crippen LogP contribution in [0.1, 0.15) is 33.1 Å². The van der Waals surface area contributed by atoms with Gasteiger partial charge in [0, 0.05) is 11.7 Å². The van der Waals surface area contributed by atoms with E-state index >= 15 is 0 Å². The minimum absolute atomic E-state index is 0.610. The van der Waals surface area contributed by atoms with E-state index in [9.17, 15) is 0 Å². The van der Waals surface area contributed by atoms with E-state index in [0.29, 0.717) is 6.04 Å². The van der Waals surface area contributed by atoms with Gasteiger partial charge < -0.3 is 5.32 Å². The Labute approximate surface area is 81.2 Å². The molecule has 72 valence electrons. The van der Waals surface area contributed by atoms with Gasteiger partial charge in [-0.1, -0.05) is 32.1 Å². The first-order valence-electron chi connectivity index (χ1n) is 5.03. The molecule has 0 spiro atoms. The molecule has 1 aliphatic heterocycles. The summed E-state index contributed by atoms with van der Waals surface area (Å²) in [5, 5.41) is 3.51. The number of nitrogens with one attached hydrogen (secondary N) is 1. The van der Waals surface area contributed by atoms with Gasteiger partial charge in [0.15, 0.2) is 0 Å². The maximum absolute atomic E-state index is 3.79. The van der Waals surface area contributed by atoms with Crippen LogP contribution in [0.4, 0.5) is 0 Å². The van der Waals surface area contributed by atoms with E-state index in [4.69, 9.17) is 0 Å². The molecule has 0 amide bonds. The van der Waals surface area contributed by atoms with E-state index in [1.807, 2.05) is 6.08 Å². The van der Waals surface area contributed by atoms with Crippen molar-refractivity contribution in [2.45, 2.75) is 39.2 Å². The van der Waals surface area contributed by atoms with Crippen molar-refractivity contribution in [3.8, 4) is 0 Å². The minimum Gasteiger partial charge on any atom is -0.386 e. The zero-order valence-electron chi connectivity index (χ0n) is 8.64. The Bertz CT molecular complexity index is 236. The highest BCUT2D eigenvalue weighted by molar-refractivity contribution is 5.33. The van der Waals surface area contributed by atoms with Gasteiger partial charge in [0.1, 0.15) is 0 Å². The van der Waals surface area contributed by atoms with Gasteiger partial charge in [-0.25, -0.2) is 0 Å². The van der Waals surface area contributed by atoms with Gasteiger partial charge in [0.05, 0.1) is 0 Å². The summed E-state index contributed by atoms with van der Waals surface area (Å²) in [4.78, 5) is 0. The van der Waals surface area contributed by atoms with Gasteiger partial charge in [-0.15, -0.1) is 0 Å². The van der Waals surface area contributed by atoms with Crippen molar-refractivity contribution in [2.24, 2.45) is 0 Å². The Morgan fingerprint density at radius 3 is 3.08 bits per heavy atom. The van der Waals surface area contributed by atoms with Gasteiger partial charge in [-0.05, 0) is 31.4 Å². The van der Waals surface area contributed by atoms with Crippen LogP contribution in [0, 0.1) is 0 Å². The van der Waals surface area contributed by atoms with Crippen LogP contribution in [0.5, 0.6) is 0 Å². The number of hydrogen-bond acceptors (Lipinski definition) is 1. The molecule has 0 aromatic carbocycles. The lowest BCUT2D eigenvalue weighted by atomic mass is 10.1. The maximum Gasteiger partial charge on any atom is 0.0292 e. The summed E-state index contributed by atoms with van der Waals surface area (Å²) in [6, 6.07) is 0.610. The first-order valence-corrected chi connectivity index (χ1v) is 5.03.